The molecule has 0 radical (unpaired) electrons. The summed E-state index contributed by atoms with van der Waals surface area (Å²) in [5, 5.41) is 2.63. The number of Topliss-reactive ketones (excluding diaryl/α,β-unsaturated/α-hetero) is 1. The van der Waals surface area contributed by atoms with Crippen LogP contribution in [0.25, 0.3) is 0 Å². The van der Waals surface area contributed by atoms with Crippen LogP contribution in [0.1, 0.15) is 66.2 Å². The molecule has 0 bridgehead atoms. The highest BCUT2D eigenvalue weighted by atomic mass is 16.5. The van der Waals surface area contributed by atoms with E-state index in [4.69, 9.17) is 15.2 Å². The summed E-state index contributed by atoms with van der Waals surface area (Å²) >= 11 is 0. The largest absolute Gasteiger partial charge is 0.378 e. The minimum Gasteiger partial charge on any atom is -0.378 e. The number of hydrogen-bond donors (Lipinski definition) is 2. The lowest BCUT2D eigenvalue weighted by molar-refractivity contribution is -0.127. The van der Waals surface area contributed by atoms with Crippen LogP contribution in [0.4, 0.5) is 0 Å². The van der Waals surface area contributed by atoms with Crippen molar-refractivity contribution in [2.24, 2.45) is 17.6 Å². The fourth-order valence-electron chi connectivity index (χ4n) is 2.77. The van der Waals surface area contributed by atoms with Crippen molar-refractivity contribution in [2.45, 2.75) is 72.3 Å². The maximum absolute atomic E-state index is 11.5. The molecule has 0 aromatic rings. The monoisotopic (exact) mass is 386 g/mol. The van der Waals surface area contributed by atoms with Crippen LogP contribution in [-0.2, 0) is 23.9 Å². The Bertz CT molecular complexity index is 432. The van der Waals surface area contributed by atoms with Gasteiger partial charge in [-0.05, 0) is 26.7 Å². The normalized spacial score (nSPS) is 14.6. The van der Waals surface area contributed by atoms with E-state index in [-0.39, 0.29) is 31.1 Å². The Hall–Kier alpha value is -1.47. The Morgan fingerprint density at radius 1 is 1.04 bits per heavy atom. The van der Waals surface area contributed by atoms with Gasteiger partial charge in [0.25, 0.3) is 0 Å². The molecule has 158 valence electrons. The van der Waals surface area contributed by atoms with Gasteiger partial charge in [0.2, 0.25) is 11.8 Å². The van der Waals surface area contributed by atoms with Crippen molar-refractivity contribution in [1.29, 1.82) is 0 Å². The van der Waals surface area contributed by atoms with E-state index in [0.717, 1.165) is 12.8 Å². The number of rotatable bonds is 11. The highest BCUT2D eigenvalue weighted by Crippen LogP contribution is 2.26. The average molecular weight is 387 g/mol. The van der Waals surface area contributed by atoms with Crippen molar-refractivity contribution < 1.29 is 23.9 Å². The van der Waals surface area contributed by atoms with Gasteiger partial charge in [0.1, 0.15) is 12.4 Å². The van der Waals surface area contributed by atoms with E-state index in [2.05, 4.69) is 5.32 Å². The van der Waals surface area contributed by atoms with E-state index in [1.165, 1.54) is 19.3 Å². The highest BCUT2D eigenvalue weighted by molar-refractivity contribution is 5.82. The van der Waals surface area contributed by atoms with Crippen LogP contribution in [0.3, 0.4) is 0 Å². The standard InChI is InChI=1S/C10H20N2O4.C10H18O/c1-8(2)16-5-3-10(14)12-4-6-15-7-9(11)13;1-8(2)10(11)9-6-4-3-5-7-9/h8H,3-7H2,1-2H3,(H2,11,13)(H,12,14);8-9H,3-7H2,1-2H3. The van der Waals surface area contributed by atoms with Crippen molar-refractivity contribution in [3.05, 3.63) is 0 Å². The summed E-state index contributed by atoms with van der Waals surface area (Å²) in [5.74, 6) is 0.534. The quantitative estimate of drug-likeness (QED) is 0.529. The summed E-state index contributed by atoms with van der Waals surface area (Å²) in [4.78, 5) is 33.0. The average Bonchev–Trinajstić information content (AvgIpc) is 2.61. The topological polar surface area (TPSA) is 108 Å². The molecule has 1 rings (SSSR count). The maximum Gasteiger partial charge on any atom is 0.243 e. The van der Waals surface area contributed by atoms with E-state index in [1.54, 1.807) is 0 Å². The predicted octanol–water partition coefficient (Wildman–Crippen LogP) is 2.21. The first-order valence-electron chi connectivity index (χ1n) is 10.0. The van der Waals surface area contributed by atoms with E-state index < -0.39 is 5.91 Å². The fourth-order valence-corrected chi connectivity index (χ4v) is 2.77. The Morgan fingerprint density at radius 2 is 1.67 bits per heavy atom. The van der Waals surface area contributed by atoms with Crippen molar-refractivity contribution in [3.63, 3.8) is 0 Å². The second-order valence-electron chi connectivity index (χ2n) is 7.43. The number of nitrogens with one attached hydrogen (secondary N) is 1. The molecule has 0 aliphatic heterocycles. The number of primary amides is 1. The van der Waals surface area contributed by atoms with Gasteiger partial charge < -0.3 is 20.5 Å². The predicted molar refractivity (Wildman–Crippen MR) is 105 cm³/mol. The van der Waals surface area contributed by atoms with Gasteiger partial charge in [0.15, 0.2) is 0 Å². The minimum atomic E-state index is -0.517. The Morgan fingerprint density at radius 3 is 2.19 bits per heavy atom. The fraction of sp³-hybridized carbons (Fsp3) is 0.850. The molecule has 3 N–H and O–H groups in total. The molecule has 0 unspecified atom stereocenters. The van der Waals surface area contributed by atoms with Crippen LogP contribution in [0.2, 0.25) is 0 Å². The van der Waals surface area contributed by atoms with Crippen molar-refractivity contribution in [1.82, 2.24) is 5.32 Å². The first-order chi connectivity index (χ1) is 12.7. The Labute approximate surface area is 163 Å². The van der Waals surface area contributed by atoms with Crippen molar-refractivity contribution >= 4 is 17.6 Å². The molecule has 1 aliphatic carbocycles. The van der Waals surface area contributed by atoms with Crippen molar-refractivity contribution in [3.8, 4) is 0 Å². The van der Waals surface area contributed by atoms with Gasteiger partial charge in [-0.3, -0.25) is 14.4 Å². The molecule has 27 heavy (non-hydrogen) atoms. The Kier molecular flexibility index (Phi) is 14.7. The molecule has 7 heteroatoms. The molecule has 0 heterocycles. The van der Waals surface area contributed by atoms with Gasteiger partial charge in [-0.15, -0.1) is 0 Å². The molecule has 0 saturated heterocycles. The molecule has 0 aromatic heterocycles. The van der Waals surface area contributed by atoms with Gasteiger partial charge in [0, 0.05) is 24.8 Å². The van der Waals surface area contributed by atoms with Gasteiger partial charge in [-0.25, -0.2) is 0 Å². The smallest absolute Gasteiger partial charge is 0.243 e. The zero-order valence-electron chi connectivity index (χ0n) is 17.4. The third kappa shape index (κ3) is 15.3. The van der Waals surface area contributed by atoms with Crippen LogP contribution in [0, 0.1) is 11.8 Å². The first kappa shape index (κ1) is 25.5. The molecule has 0 aromatic carbocycles. The summed E-state index contributed by atoms with van der Waals surface area (Å²) in [5.41, 5.74) is 4.86. The number of hydrogen-bond acceptors (Lipinski definition) is 5. The molecule has 1 aliphatic rings. The lowest BCUT2D eigenvalue weighted by atomic mass is 9.83. The maximum atomic E-state index is 11.5. The molecule has 1 fully saturated rings. The number of ether oxygens (including phenoxy) is 2. The van der Waals surface area contributed by atoms with Gasteiger partial charge >= 0.3 is 0 Å². The van der Waals surface area contributed by atoms with Gasteiger partial charge in [-0.1, -0.05) is 33.1 Å². The third-order valence-electron chi connectivity index (χ3n) is 4.17. The van der Waals surface area contributed by atoms with Crippen LogP contribution >= 0.6 is 0 Å². The zero-order valence-corrected chi connectivity index (χ0v) is 17.4. The third-order valence-corrected chi connectivity index (χ3v) is 4.17. The SMILES string of the molecule is CC(C)C(=O)C1CCCCC1.CC(C)OCCC(=O)NCCOCC(N)=O. The summed E-state index contributed by atoms with van der Waals surface area (Å²) in [6, 6.07) is 0. The molecule has 0 spiro atoms. The molecule has 0 atom stereocenters. The first-order valence-corrected chi connectivity index (χ1v) is 10.0. The van der Waals surface area contributed by atoms with Crippen LogP contribution in [0.15, 0.2) is 0 Å². The van der Waals surface area contributed by atoms with Crippen LogP contribution in [-0.4, -0.2) is 50.1 Å². The second kappa shape index (κ2) is 15.6. The molecule has 7 nitrogen and oxygen atoms in total. The van der Waals surface area contributed by atoms with Gasteiger partial charge in [-0.2, -0.15) is 0 Å². The number of nitrogens with two attached hydrogens (primary N) is 1. The number of ketones is 1. The zero-order chi connectivity index (χ0) is 20.7. The van der Waals surface area contributed by atoms with Crippen LogP contribution < -0.4 is 11.1 Å². The van der Waals surface area contributed by atoms with E-state index >= 15 is 0 Å². The van der Waals surface area contributed by atoms with Crippen molar-refractivity contribution in [2.75, 3.05) is 26.4 Å². The molecular weight excluding hydrogens is 348 g/mol. The van der Waals surface area contributed by atoms with Crippen LogP contribution in [0.5, 0.6) is 0 Å². The number of carbonyl (C=O) groups is 3. The summed E-state index contributed by atoms with van der Waals surface area (Å²) in [6.07, 6.45) is 6.63. The highest BCUT2D eigenvalue weighted by Gasteiger charge is 2.22. The second-order valence-corrected chi connectivity index (χ2v) is 7.43. The molecule has 1 saturated carbocycles. The Balaban J connectivity index is 0.000000533. The van der Waals surface area contributed by atoms with E-state index in [0.29, 0.717) is 31.3 Å². The summed E-state index contributed by atoms with van der Waals surface area (Å²) in [6.45, 7) is 8.78. The van der Waals surface area contributed by atoms with E-state index in [9.17, 15) is 14.4 Å². The van der Waals surface area contributed by atoms with E-state index in [1.807, 2.05) is 27.7 Å². The lowest BCUT2D eigenvalue weighted by Crippen LogP contribution is -2.29. The number of amides is 2. The molecular formula is C20H38N2O5. The minimum absolute atomic E-state index is 0.0941. The summed E-state index contributed by atoms with van der Waals surface area (Å²) < 4.78 is 10.1. The number of carbonyl (C=O) groups excluding carboxylic acids is 3. The lowest BCUT2D eigenvalue weighted by Gasteiger charge is -2.21. The summed E-state index contributed by atoms with van der Waals surface area (Å²) in [7, 11) is 0. The van der Waals surface area contributed by atoms with Gasteiger partial charge in [0.05, 0.1) is 19.3 Å². The molecule has 2 amide bonds.